The molecule has 1 N–H and O–H groups in total. The van der Waals surface area contributed by atoms with E-state index < -0.39 is 11.9 Å². The number of rotatable bonds is 3. The van der Waals surface area contributed by atoms with Crippen LogP contribution in [-0.2, 0) is 6.18 Å². The Bertz CT molecular complexity index is 1170. The zero-order valence-electron chi connectivity index (χ0n) is 16.2. The van der Waals surface area contributed by atoms with E-state index in [9.17, 15) is 13.2 Å². The summed E-state index contributed by atoms with van der Waals surface area (Å²) >= 11 is 0. The lowest BCUT2D eigenvalue weighted by Crippen LogP contribution is -2.08. The van der Waals surface area contributed by atoms with Gasteiger partial charge in [-0.2, -0.15) is 22.8 Å². The molecule has 2 heterocycles. The van der Waals surface area contributed by atoms with Crippen LogP contribution in [0.4, 0.5) is 24.7 Å². The lowest BCUT2D eigenvalue weighted by atomic mass is 10.0. The van der Waals surface area contributed by atoms with Gasteiger partial charge < -0.3 is 5.32 Å². The highest BCUT2D eigenvalue weighted by atomic mass is 19.4. The topological polar surface area (TPSA) is 42.2 Å². The smallest absolute Gasteiger partial charge is 0.340 e. The highest BCUT2D eigenvalue weighted by Crippen LogP contribution is 2.39. The second-order valence-electron chi connectivity index (χ2n) is 7.10. The van der Waals surface area contributed by atoms with Gasteiger partial charge in [0.05, 0.1) is 5.56 Å². The summed E-state index contributed by atoms with van der Waals surface area (Å²) < 4.78 is 42.7. The van der Waals surface area contributed by atoms with E-state index in [2.05, 4.69) is 15.4 Å². The van der Waals surface area contributed by atoms with Crippen LogP contribution in [0.15, 0.2) is 54.6 Å². The Morgan fingerprint density at radius 3 is 2.03 bits per heavy atom. The van der Waals surface area contributed by atoms with Crippen LogP contribution in [-0.4, -0.2) is 14.6 Å². The van der Waals surface area contributed by atoms with Gasteiger partial charge in [0.2, 0.25) is 0 Å². The van der Waals surface area contributed by atoms with Crippen LogP contribution in [0.3, 0.4) is 0 Å². The van der Waals surface area contributed by atoms with Gasteiger partial charge in [-0.1, -0.05) is 47.5 Å². The molecule has 2 aromatic heterocycles. The normalized spacial score (nSPS) is 11.8. The van der Waals surface area contributed by atoms with Gasteiger partial charge in [-0.05, 0) is 38.5 Å². The van der Waals surface area contributed by atoms with Crippen LogP contribution >= 0.6 is 0 Å². The van der Waals surface area contributed by atoms with Gasteiger partial charge in [-0.15, -0.1) is 0 Å². The number of aromatic nitrogens is 3. The molecule has 0 unspecified atom stereocenters. The van der Waals surface area contributed by atoms with Crippen molar-refractivity contribution in [1.82, 2.24) is 14.6 Å². The van der Waals surface area contributed by atoms with Crippen molar-refractivity contribution in [3.8, 4) is 11.1 Å². The number of hydrogen-bond acceptors (Lipinski definition) is 3. The molecular formula is C22H19F3N4. The SMILES string of the molecule is Cc1ccc(Nc2cc(C)nc3c(-c4ccc(C)cc4)c(C(F)(F)F)nn23)cc1. The lowest BCUT2D eigenvalue weighted by Gasteiger charge is -2.10. The third-order valence-corrected chi connectivity index (χ3v) is 4.65. The number of alkyl halides is 3. The van der Waals surface area contributed by atoms with E-state index in [4.69, 9.17) is 0 Å². The molecule has 0 aliphatic rings. The Labute approximate surface area is 166 Å². The van der Waals surface area contributed by atoms with E-state index in [1.807, 2.05) is 38.1 Å². The highest BCUT2D eigenvalue weighted by Gasteiger charge is 2.39. The number of hydrogen-bond donors (Lipinski definition) is 1. The Hall–Kier alpha value is -3.35. The molecule has 0 atom stereocenters. The molecular weight excluding hydrogens is 377 g/mol. The molecule has 7 heteroatoms. The molecule has 0 bridgehead atoms. The first-order chi connectivity index (χ1) is 13.7. The summed E-state index contributed by atoms with van der Waals surface area (Å²) in [6.45, 7) is 5.60. The first-order valence-corrected chi connectivity index (χ1v) is 9.11. The minimum absolute atomic E-state index is 0.0202. The van der Waals surface area contributed by atoms with E-state index in [-0.39, 0.29) is 11.2 Å². The van der Waals surface area contributed by atoms with Crippen molar-refractivity contribution in [1.29, 1.82) is 0 Å². The van der Waals surface area contributed by atoms with Crippen molar-refractivity contribution in [2.75, 3.05) is 5.32 Å². The number of anilines is 2. The van der Waals surface area contributed by atoms with Crippen molar-refractivity contribution in [2.45, 2.75) is 26.9 Å². The maximum Gasteiger partial charge on any atom is 0.435 e. The summed E-state index contributed by atoms with van der Waals surface area (Å²) in [5.41, 5.74) is 3.02. The lowest BCUT2D eigenvalue weighted by molar-refractivity contribution is -0.140. The van der Waals surface area contributed by atoms with Crippen LogP contribution in [0.25, 0.3) is 16.8 Å². The maximum absolute atomic E-state index is 13.8. The van der Waals surface area contributed by atoms with Gasteiger partial charge in [0.15, 0.2) is 11.3 Å². The van der Waals surface area contributed by atoms with Crippen molar-refractivity contribution >= 4 is 17.2 Å². The highest BCUT2D eigenvalue weighted by molar-refractivity contribution is 5.82. The number of halogens is 3. The molecule has 4 nitrogen and oxygen atoms in total. The Morgan fingerprint density at radius 2 is 1.45 bits per heavy atom. The molecule has 148 valence electrons. The molecule has 0 saturated carbocycles. The fourth-order valence-corrected chi connectivity index (χ4v) is 3.20. The average Bonchev–Trinajstić information content (AvgIpc) is 3.04. The summed E-state index contributed by atoms with van der Waals surface area (Å²) in [6, 6.07) is 16.2. The first-order valence-electron chi connectivity index (χ1n) is 9.11. The van der Waals surface area contributed by atoms with Crippen LogP contribution in [0.5, 0.6) is 0 Å². The fraction of sp³-hybridized carbons (Fsp3) is 0.182. The van der Waals surface area contributed by atoms with Crippen LogP contribution in [0.1, 0.15) is 22.5 Å². The molecule has 29 heavy (non-hydrogen) atoms. The van der Waals surface area contributed by atoms with Crippen molar-refractivity contribution in [3.05, 3.63) is 77.1 Å². The molecule has 0 saturated heterocycles. The molecule has 4 rings (SSSR count). The summed E-state index contributed by atoms with van der Waals surface area (Å²) in [6.07, 6.45) is -4.61. The van der Waals surface area contributed by atoms with Crippen LogP contribution in [0, 0.1) is 20.8 Å². The Balaban J connectivity index is 1.95. The minimum atomic E-state index is -4.61. The zero-order valence-corrected chi connectivity index (χ0v) is 16.2. The van der Waals surface area contributed by atoms with Gasteiger partial charge in [0, 0.05) is 17.4 Å². The van der Waals surface area contributed by atoms with E-state index in [1.165, 1.54) is 4.52 Å². The summed E-state index contributed by atoms with van der Waals surface area (Å²) in [5.74, 6) is 0.417. The third-order valence-electron chi connectivity index (χ3n) is 4.65. The first kappa shape index (κ1) is 19.0. The van der Waals surface area contributed by atoms with E-state index >= 15 is 0 Å². The molecule has 0 aliphatic heterocycles. The molecule has 0 aliphatic carbocycles. The zero-order chi connectivity index (χ0) is 20.8. The molecule has 0 radical (unpaired) electrons. The Morgan fingerprint density at radius 1 is 0.862 bits per heavy atom. The number of nitrogens with zero attached hydrogens (tertiary/aromatic N) is 3. The summed E-state index contributed by atoms with van der Waals surface area (Å²) in [7, 11) is 0. The third kappa shape index (κ3) is 3.68. The predicted octanol–water partition coefficient (Wildman–Crippen LogP) is 6.08. The van der Waals surface area contributed by atoms with E-state index in [1.54, 1.807) is 37.3 Å². The van der Waals surface area contributed by atoms with E-state index in [0.717, 1.165) is 16.8 Å². The van der Waals surface area contributed by atoms with Crippen molar-refractivity contribution < 1.29 is 13.2 Å². The Kier molecular flexibility index (Phi) is 4.53. The quantitative estimate of drug-likeness (QED) is 0.456. The molecule has 0 fully saturated rings. The second kappa shape index (κ2) is 6.92. The maximum atomic E-state index is 13.8. The average molecular weight is 396 g/mol. The number of fused-ring (bicyclic) bond motifs is 1. The van der Waals surface area contributed by atoms with Crippen molar-refractivity contribution in [3.63, 3.8) is 0 Å². The van der Waals surface area contributed by atoms with Gasteiger partial charge in [-0.25, -0.2) is 4.98 Å². The number of nitrogens with one attached hydrogen (secondary N) is 1. The largest absolute Gasteiger partial charge is 0.435 e. The molecule has 2 aromatic carbocycles. The molecule has 4 aromatic rings. The standard InChI is InChI=1S/C22H19F3N4/c1-13-4-8-16(9-5-13)19-20(22(23,24)25)28-29-18(12-15(3)26-21(19)29)27-17-10-6-14(2)7-11-17/h4-12,27H,1-3H3. The molecule has 0 amide bonds. The fourth-order valence-electron chi connectivity index (χ4n) is 3.20. The molecule has 0 spiro atoms. The van der Waals surface area contributed by atoms with Gasteiger partial charge >= 0.3 is 6.18 Å². The summed E-state index contributed by atoms with van der Waals surface area (Å²) in [4.78, 5) is 4.39. The van der Waals surface area contributed by atoms with Gasteiger partial charge in [0.25, 0.3) is 0 Å². The van der Waals surface area contributed by atoms with Crippen LogP contribution < -0.4 is 5.32 Å². The second-order valence-corrected chi connectivity index (χ2v) is 7.10. The predicted molar refractivity (Wildman–Crippen MR) is 107 cm³/mol. The van der Waals surface area contributed by atoms with E-state index in [0.29, 0.717) is 17.1 Å². The number of benzene rings is 2. The summed E-state index contributed by atoms with van der Waals surface area (Å²) in [5, 5.41) is 7.06. The van der Waals surface area contributed by atoms with Crippen LogP contribution in [0.2, 0.25) is 0 Å². The van der Waals surface area contributed by atoms with Gasteiger partial charge in [-0.3, -0.25) is 0 Å². The minimum Gasteiger partial charge on any atom is -0.340 e. The number of aryl methyl sites for hydroxylation is 3. The van der Waals surface area contributed by atoms with Crippen molar-refractivity contribution in [2.24, 2.45) is 0 Å². The monoisotopic (exact) mass is 396 g/mol. The van der Waals surface area contributed by atoms with Gasteiger partial charge in [0.1, 0.15) is 5.82 Å².